The third kappa shape index (κ3) is 3.24. The molecule has 0 spiro atoms. The zero-order chi connectivity index (χ0) is 15.6. The molecule has 3 N–H and O–H groups in total. The van der Waals surface area contributed by atoms with Crippen molar-refractivity contribution in [3.05, 3.63) is 12.4 Å². The summed E-state index contributed by atoms with van der Waals surface area (Å²) in [7, 11) is 1.80. The van der Waals surface area contributed by atoms with Crippen molar-refractivity contribution >= 4 is 17.5 Å². The molecule has 0 radical (unpaired) electrons. The minimum Gasteiger partial charge on any atom is -0.343 e. The van der Waals surface area contributed by atoms with Crippen molar-refractivity contribution in [1.29, 1.82) is 0 Å². The third-order valence-electron chi connectivity index (χ3n) is 3.80. The van der Waals surface area contributed by atoms with Gasteiger partial charge in [-0.1, -0.05) is 13.3 Å². The van der Waals surface area contributed by atoms with Crippen molar-refractivity contribution in [2.45, 2.75) is 44.7 Å². The summed E-state index contributed by atoms with van der Waals surface area (Å²) in [5, 5.41) is 6.84. The lowest BCUT2D eigenvalue weighted by molar-refractivity contribution is -0.130. The maximum absolute atomic E-state index is 12.4. The third-order valence-corrected chi connectivity index (χ3v) is 3.80. The molecule has 2 atom stereocenters. The quantitative estimate of drug-likeness (QED) is 0.808. The SMILES string of the molecule is CCCC(C)(N)C(=O)NC1CCN(c2cnn(C)c2)C1=O. The highest BCUT2D eigenvalue weighted by atomic mass is 16.2. The van der Waals surface area contributed by atoms with E-state index in [1.54, 1.807) is 35.9 Å². The Hall–Kier alpha value is -1.89. The monoisotopic (exact) mass is 293 g/mol. The van der Waals surface area contributed by atoms with E-state index < -0.39 is 11.6 Å². The Kier molecular flexibility index (Phi) is 4.32. The van der Waals surface area contributed by atoms with Gasteiger partial charge in [-0.05, 0) is 19.8 Å². The summed E-state index contributed by atoms with van der Waals surface area (Å²) in [6.07, 6.45) is 5.42. The average molecular weight is 293 g/mol. The smallest absolute Gasteiger partial charge is 0.249 e. The summed E-state index contributed by atoms with van der Waals surface area (Å²) in [6, 6.07) is -0.502. The van der Waals surface area contributed by atoms with E-state index in [0.29, 0.717) is 19.4 Å². The van der Waals surface area contributed by atoms with Crippen LogP contribution in [0.5, 0.6) is 0 Å². The fourth-order valence-electron chi connectivity index (χ4n) is 2.57. The number of carbonyl (C=O) groups is 2. The zero-order valence-electron chi connectivity index (χ0n) is 12.8. The van der Waals surface area contributed by atoms with Crippen LogP contribution in [-0.2, 0) is 16.6 Å². The Bertz CT molecular complexity index is 537. The number of aryl methyl sites for hydroxylation is 1. The number of rotatable bonds is 5. The average Bonchev–Trinajstić information content (AvgIpc) is 2.97. The first-order chi connectivity index (χ1) is 9.85. The summed E-state index contributed by atoms with van der Waals surface area (Å²) in [5.41, 5.74) is 5.81. The molecule has 1 aromatic heterocycles. The number of nitrogens with two attached hydrogens (primary N) is 1. The van der Waals surface area contributed by atoms with Gasteiger partial charge in [-0.3, -0.25) is 14.3 Å². The van der Waals surface area contributed by atoms with Crippen molar-refractivity contribution in [2.75, 3.05) is 11.4 Å². The fraction of sp³-hybridized carbons (Fsp3) is 0.643. The van der Waals surface area contributed by atoms with Crippen LogP contribution < -0.4 is 16.0 Å². The summed E-state index contributed by atoms with van der Waals surface area (Å²) >= 11 is 0. The lowest BCUT2D eigenvalue weighted by atomic mass is 9.96. The first-order valence-corrected chi connectivity index (χ1v) is 7.25. The minimum atomic E-state index is -0.934. The molecule has 0 aromatic carbocycles. The number of carbonyl (C=O) groups excluding carboxylic acids is 2. The molecule has 2 heterocycles. The van der Waals surface area contributed by atoms with Crippen LogP contribution in [0.3, 0.4) is 0 Å². The van der Waals surface area contributed by atoms with Crippen LogP contribution in [-0.4, -0.2) is 39.7 Å². The molecule has 7 heteroatoms. The number of hydrogen-bond acceptors (Lipinski definition) is 4. The van der Waals surface area contributed by atoms with E-state index in [1.807, 2.05) is 6.92 Å². The van der Waals surface area contributed by atoms with Gasteiger partial charge in [-0.25, -0.2) is 0 Å². The van der Waals surface area contributed by atoms with Crippen LogP contribution in [0.4, 0.5) is 5.69 Å². The van der Waals surface area contributed by atoms with Crippen LogP contribution in [0.15, 0.2) is 12.4 Å². The van der Waals surface area contributed by atoms with Crippen molar-refractivity contribution < 1.29 is 9.59 Å². The second kappa shape index (κ2) is 5.85. The van der Waals surface area contributed by atoms with Gasteiger partial charge in [0, 0.05) is 19.8 Å². The Balaban J connectivity index is 2.01. The zero-order valence-corrected chi connectivity index (χ0v) is 12.8. The number of anilines is 1. The van der Waals surface area contributed by atoms with Crippen molar-refractivity contribution in [3.63, 3.8) is 0 Å². The molecule has 1 saturated heterocycles. The highest BCUT2D eigenvalue weighted by Gasteiger charge is 2.37. The Labute approximate surface area is 124 Å². The van der Waals surface area contributed by atoms with Gasteiger partial charge in [0.2, 0.25) is 11.8 Å². The Morgan fingerprint density at radius 1 is 1.62 bits per heavy atom. The molecule has 2 rings (SSSR count). The molecule has 0 bridgehead atoms. The van der Waals surface area contributed by atoms with Crippen LogP contribution in [0, 0.1) is 0 Å². The molecule has 0 aliphatic carbocycles. The van der Waals surface area contributed by atoms with Gasteiger partial charge in [-0.15, -0.1) is 0 Å². The second-order valence-corrected chi connectivity index (χ2v) is 5.84. The topological polar surface area (TPSA) is 93.2 Å². The van der Waals surface area contributed by atoms with Crippen LogP contribution in [0.25, 0.3) is 0 Å². The maximum atomic E-state index is 12.4. The van der Waals surface area contributed by atoms with E-state index in [9.17, 15) is 9.59 Å². The van der Waals surface area contributed by atoms with Gasteiger partial charge in [0.25, 0.3) is 0 Å². The summed E-state index contributed by atoms with van der Waals surface area (Å²) in [4.78, 5) is 26.2. The molecule has 2 amide bonds. The lowest BCUT2D eigenvalue weighted by Gasteiger charge is -2.24. The number of aromatic nitrogens is 2. The fourth-order valence-corrected chi connectivity index (χ4v) is 2.57. The van der Waals surface area contributed by atoms with Crippen LogP contribution in [0.1, 0.15) is 33.1 Å². The highest BCUT2D eigenvalue weighted by molar-refractivity contribution is 6.02. The number of nitrogens with one attached hydrogen (secondary N) is 1. The van der Waals surface area contributed by atoms with Gasteiger partial charge >= 0.3 is 0 Å². The van der Waals surface area contributed by atoms with Crippen molar-refractivity contribution in [3.8, 4) is 0 Å². The molecule has 1 aliphatic heterocycles. The van der Waals surface area contributed by atoms with E-state index >= 15 is 0 Å². The predicted octanol–water partition coefficient (Wildman–Crippen LogP) is 0.159. The lowest BCUT2D eigenvalue weighted by Crippen LogP contribution is -2.55. The second-order valence-electron chi connectivity index (χ2n) is 5.84. The number of amides is 2. The van der Waals surface area contributed by atoms with Gasteiger partial charge in [0.05, 0.1) is 17.4 Å². The molecule has 1 aromatic rings. The van der Waals surface area contributed by atoms with Gasteiger partial charge in [0.15, 0.2) is 0 Å². The van der Waals surface area contributed by atoms with Gasteiger partial charge in [-0.2, -0.15) is 5.10 Å². The van der Waals surface area contributed by atoms with E-state index in [4.69, 9.17) is 5.73 Å². The van der Waals surface area contributed by atoms with Crippen molar-refractivity contribution in [2.24, 2.45) is 12.8 Å². The van der Waals surface area contributed by atoms with E-state index in [-0.39, 0.29) is 11.8 Å². The largest absolute Gasteiger partial charge is 0.343 e. The molecular formula is C14H23N5O2. The van der Waals surface area contributed by atoms with Gasteiger partial charge in [0.1, 0.15) is 6.04 Å². The molecule has 2 unspecified atom stereocenters. The van der Waals surface area contributed by atoms with Crippen LogP contribution >= 0.6 is 0 Å². The Morgan fingerprint density at radius 3 is 2.90 bits per heavy atom. The molecule has 7 nitrogen and oxygen atoms in total. The number of nitrogens with zero attached hydrogens (tertiary/aromatic N) is 3. The Morgan fingerprint density at radius 2 is 2.33 bits per heavy atom. The van der Waals surface area contributed by atoms with Crippen LogP contribution in [0.2, 0.25) is 0 Å². The summed E-state index contributed by atoms with van der Waals surface area (Å²) < 4.78 is 1.65. The van der Waals surface area contributed by atoms with Crippen molar-refractivity contribution in [1.82, 2.24) is 15.1 Å². The van der Waals surface area contributed by atoms with E-state index in [0.717, 1.165) is 12.1 Å². The first-order valence-electron chi connectivity index (χ1n) is 7.25. The van der Waals surface area contributed by atoms with E-state index in [1.165, 1.54) is 0 Å². The summed E-state index contributed by atoms with van der Waals surface area (Å²) in [6.45, 7) is 4.25. The van der Waals surface area contributed by atoms with Gasteiger partial charge < -0.3 is 16.0 Å². The highest BCUT2D eigenvalue weighted by Crippen LogP contribution is 2.21. The summed E-state index contributed by atoms with van der Waals surface area (Å²) in [5.74, 6) is -0.376. The first kappa shape index (κ1) is 15.5. The predicted molar refractivity (Wildman–Crippen MR) is 79.6 cm³/mol. The molecule has 0 saturated carbocycles. The molecule has 116 valence electrons. The normalized spacial score (nSPS) is 21.4. The molecule has 1 fully saturated rings. The molecular weight excluding hydrogens is 270 g/mol. The van der Waals surface area contributed by atoms with E-state index in [2.05, 4.69) is 10.4 Å². The molecule has 21 heavy (non-hydrogen) atoms. The minimum absolute atomic E-state index is 0.108. The standard InChI is InChI=1S/C14H23N5O2/c1-4-6-14(2,15)13(21)17-11-5-7-19(12(11)20)10-8-16-18(3)9-10/h8-9,11H,4-7,15H2,1-3H3,(H,17,21). The number of hydrogen-bond donors (Lipinski definition) is 2. The maximum Gasteiger partial charge on any atom is 0.249 e. The molecule has 1 aliphatic rings.